The van der Waals surface area contributed by atoms with E-state index in [0.717, 1.165) is 18.4 Å². The standard InChI is InChI=1S/C14H18N4/c1-4-14(3,5-2)18-11-8-6-7-10(9-15)12(11)17-13(18)16/h6-8H,4-5H2,1-3H3,(H2,16,17). The third kappa shape index (κ3) is 1.63. The molecule has 1 aromatic carbocycles. The molecule has 4 heteroatoms. The van der Waals surface area contributed by atoms with Gasteiger partial charge in [-0.25, -0.2) is 4.98 Å². The number of nitrogen functional groups attached to an aromatic ring is 1. The molecule has 0 aliphatic heterocycles. The number of imidazole rings is 1. The molecule has 0 saturated carbocycles. The topological polar surface area (TPSA) is 67.6 Å². The lowest BCUT2D eigenvalue weighted by Crippen LogP contribution is -2.29. The molecule has 2 aromatic rings. The van der Waals surface area contributed by atoms with Crippen molar-refractivity contribution in [2.45, 2.75) is 39.2 Å². The Morgan fingerprint density at radius 2 is 2.06 bits per heavy atom. The predicted molar refractivity (Wildman–Crippen MR) is 73.1 cm³/mol. The zero-order valence-corrected chi connectivity index (χ0v) is 11.1. The predicted octanol–water partition coefficient (Wildman–Crippen LogP) is 3.03. The van der Waals surface area contributed by atoms with Gasteiger partial charge in [0.25, 0.3) is 0 Å². The second-order valence-corrected chi connectivity index (χ2v) is 4.79. The second-order valence-electron chi connectivity index (χ2n) is 4.79. The first kappa shape index (κ1) is 12.4. The van der Waals surface area contributed by atoms with E-state index in [2.05, 4.69) is 36.4 Å². The van der Waals surface area contributed by atoms with Gasteiger partial charge < -0.3 is 10.3 Å². The number of anilines is 1. The Bertz CT molecular complexity index is 614. The van der Waals surface area contributed by atoms with Crippen LogP contribution in [0.1, 0.15) is 39.2 Å². The van der Waals surface area contributed by atoms with E-state index >= 15 is 0 Å². The number of rotatable bonds is 3. The highest BCUT2D eigenvalue weighted by Gasteiger charge is 2.27. The SMILES string of the molecule is CCC(C)(CC)n1c(N)nc2c(C#N)cccc21. The Labute approximate surface area is 107 Å². The molecule has 1 aromatic heterocycles. The highest BCUT2D eigenvalue weighted by Crippen LogP contribution is 2.32. The number of aromatic nitrogens is 2. The smallest absolute Gasteiger partial charge is 0.201 e. The first-order valence-corrected chi connectivity index (χ1v) is 6.25. The van der Waals surface area contributed by atoms with Gasteiger partial charge in [0.1, 0.15) is 11.6 Å². The lowest BCUT2D eigenvalue weighted by Gasteiger charge is -2.30. The van der Waals surface area contributed by atoms with Crippen LogP contribution in [0, 0.1) is 11.3 Å². The first-order valence-electron chi connectivity index (χ1n) is 6.25. The molecule has 0 radical (unpaired) electrons. The average Bonchev–Trinajstić information content (AvgIpc) is 2.74. The Morgan fingerprint density at radius 1 is 1.39 bits per heavy atom. The van der Waals surface area contributed by atoms with Gasteiger partial charge in [0, 0.05) is 5.54 Å². The zero-order chi connectivity index (χ0) is 13.3. The van der Waals surface area contributed by atoms with Gasteiger partial charge in [0.05, 0.1) is 11.1 Å². The fourth-order valence-corrected chi connectivity index (χ4v) is 2.34. The van der Waals surface area contributed by atoms with Crippen molar-refractivity contribution in [3.05, 3.63) is 23.8 Å². The number of benzene rings is 1. The van der Waals surface area contributed by atoms with Crippen LogP contribution in [0.4, 0.5) is 5.95 Å². The maximum absolute atomic E-state index is 9.11. The molecule has 2 N–H and O–H groups in total. The average molecular weight is 242 g/mol. The molecule has 0 spiro atoms. The Morgan fingerprint density at radius 3 is 2.61 bits per heavy atom. The third-order valence-corrected chi connectivity index (χ3v) is 3.89. The lowest BCUT2D eigenvalue weighted by atomic mass is 9.95. The van der Waals surface area contributed by atoms with Crippen molar-refractivity contribution in [1.82, 2.24) is 9.55 Å². The van der Waals surface area contributed by atoms with Crippen molar-refractivity contribution in [2.24, 2.45) is 0 Å². The molecule has 0 fully saturated rings. The van der Waals surface area contributed by atoms with E-state index in [1.54, 1.807) is 6.07 Å². The van der Waals surface area contributed by atoms with Gasteiger partial charge in [0.2, 0.25) is 5.95 Å². The Hall–Kier alpha value is -2.02. The number of nitrogens with two attached hydrogens (primary N) is 1. The van der Waals surface area contributed by atoms with Gasteiger partial charge in [-0.3, -0.25) is 0 Å². The summed E-state index contributed by atoms with van der Waals surface area (Å²) in [6.45, 7) is 6.45. The van der Waals surface area contributed by atoms with Crippen molar-refractivity contribution in [1.29, 1.82) is 5.26 Å². The number of nitrogens with zero attached hydrogens (tertiary/aromatic N) is 3. The fourth-order valence-electron chi connectivity index (χ4n) is 2.34. The van der Waals surface area contributed by atoms with Gasteiger partial charge in [-0.2, -0.15) is 5.26 Å². The molecular formula is C14H18N4. The van der Waals surface area contributed by atoms with Gasteiger partial charge >= 0.3 is 0 Å². The van der Waals surface area contributed by atoms with Crippen LogP contribution in [-0.4, -0.2) is 9.55 Å². The summed E-state index contributed by atoms with van der Waals surface area (Å²) in [5.74, 6) is 0.485. The molecule has 18 heavy (non-hydrogen) atoms. The molecule has 0 aliphatic carbocycles. The van der Waals surface area contributed by atoms with Crippen LogP contribution < -0.4 is 5.73 Å². The van der Waals surface area contributed by atoms with Crippen LogP contribution in [0.15, 0.2) is 18.2 Å². The Kier molecular flexibility index (Phi) is 3.00. The van der Waals surface area contributed by atoms with Crippen molar-refractivity contribution < 1.29 is 0 Å². The minimum absolute atomic E-state index is 0.0626. The summed E-state index contributed by atoms with van der Waals surface area (Å²) in [5.41, 5.74) is 8.21. The van der Waals surface area contributed by atoms with Crippen LogP contribution in [0.5, 0.6) is 0 Å². The third-order valence-electron chi connectivity index (χ3n) is 3.89. The molecule has 0 atom stereocenters. The molecule has 0 unspecified atom stereocenters. The van der Waals surface area contributed by atoms with E-state index in [1.807, 2.05) is 12.1 Å². The minimum atomic E-state index is -0.0626. The number of nitriles is 1. The molecule has 4 nitrogen and oxygen atoms in total. The van der Waals surface area contributed by atoms with Crippen LogP contribution >= 0.6 is 0 Å². The van der Waals surface area contributed by atoms with Gasteiger partial charge in [0.15, 0.2) is 0 Å². The highest BCUT2D eigenvalue weighted by molar-refractivity contribution is 5.84. The fraction of sp³-hybridized carbons (Fsp3) is 0.429. The number of hydrogen-bond acceptors (Lipinski definition) is 3. The number of para-hydroxylation sites is 1. The molecule has 94 valence electrons. The molecule has 0 saturated heterocycles. The van der Waals surface area contributed by atoms with E-state index in [1.165, 1.54) is 0 Å². The highest BCUT2D eigenvalue weighted by atomic mass is 15.2. The summed E-state index contributed by atoms with van der Waals surface area (Å²) in [5, 5.41) is 9.11. The summed E-state index contributed by atoms with van der Waals surface area (Å²) in [6, 6.07) is 7.79. The van der Waals surface area contributed by atoms with Crippen molar-refractivity contribution in [2.75, 3.05) is 5.73 Å². The minimum Gasteiger partial charge on any atom is -0.369 e. The maximum atomic E-state index is 9.11. The second kappa shape index (κ2) is 4.34. The molecule has 0 bridgehead atoms. The largest absolute Gasteiger partial charge is 0.369 e. The van der Waals surface area contributed by atoms with Crippen LogP contribution in [0.2, 0.25) is 0 Å². The molecule has 1 heterocycles. The number of hydrogen-bond donors (Lipinski definition) is 1. The van der Waals surface area contributed by atoms with Gasteiger partial charge in [-0.05, 0) is 31.9 Å². The normalized spacial score (nSPS) is 11.7. The quantitative estimate of drug-likeness (QED) is 0.899. The molecule has 0 aliphatic rings. The van der Waals surface area contributed by atoms with Gasteiger partial charge in [-0.1, -0.05) is 19.9 Å². The van der Waals surface area contributed by atoms with E-state index < -0.39 is 0 Å². The first-order chi connectivity index (χ1) is 8.57. The monoisotopic (exact) mass is 242 g/mol. The summed E-state index contributed by atoms with van der Waals surface area (Å²) < 4.78 is 2.06. The van der Waals surface area contributed by atoms with E-state index in [9.17, 15) is 0 Å². The summed E-state index contributed by atoms with van der Waals surface area (Å²) >= 11 is 0. The van der Waals surface area contributed by atoms with Crippen LogP contribution in [-0.2, 0) is 5.54 Å². The molecule has 2 rings (SSSR count). The van der Waals surface area contributed by atoms with Crippen molar-refractivity contribution in [3.8, 4) is 6.07 Å². The number of fused-ring (bicyclic) bond motifs is 1. The summed E-state index contributed by atoms with van der Waals surface area (Å²) in [6.07, 6.45) is 1.94. The van der Waals surface area contributed by atoms with Gasteiger partial charge in [-0.15, -0.1) is 0 Å². The van der Waals surface area contributed by atoms with Crippen LogP contribution in [0.25, 0.3) is 11.0 Å². The molecular weight excluding hydrogens is 224 g/mol. The van der Waals surface area contributed by atoms with Crippen molar-refractivity contribution in [3.63, 3.8) is 0 Å². The van der Waals surface area contributed by atoms with Crippen molar-refractivity contribution >= 4 is 17.0 Å². The Balaban J connectivity index is 2.81. The van der Waals surface area contributed by atoms with E-state index in [4.69, 9.17) is 11.0 Å². The zero-order valence-electron chi connectivity index (χ0n) is 11.1. The van der Waals surface area contributed by atoms with E-state index in [0.29, 0.717) is 17.0 Å². The molecule has 0 amide bonds. The summed E-state index contributed by atoms with van der Waals surface area (Å²) in [4.78, 5) is 4.36. The lowest BCUT2D eigenvalue weighted by molar-refractivity contribution is 0.307. The van der Waals surface area contributed by atoms with Crippen LogP contribution in [0.3, 0.4) is 0 Å². The summed E-state index contributed by atoms with van der Waals surface area (Å²) in [7, 11) is 0. The van der Waals surface area contributed by atoms with E-state index in [-0.39, 0.29) is 5.54 Å². The maximum Gasteiger partial charge on any atom is 0.201 e.